The number of hydrogen-bond donors (Lipinski definition) is 1. The van der Waals surface area contributed by atoms with Gasteiger partial charge in [-0.25, -0.2) is 4.79 Å². The number of hydrogen-bond acceptors (Lipinski definition) is 3. The molecule has 1 N–H and O–H groups in total. The second-order valence-electron chi connectivity index (χ2n) is 4.20. The van der Waals surface area contributed by atoms with Crippen molar-refractivity contribution >= 4 is 6.09 Å². The van der Waals surface area contributed by atoms with E-state index in [1.54, 1.807) is 0 Å². The Labute approximate surface area is 85.6 Å². The van der Waals surface area contributed by atoms with Crippen molar-refractivity contribution in [3.05, 3.63) is 0 Å². The molecule has 1 fully saturated rings. The van der Waals surface area contributed by atoms with E-state index in [0.717, 1.165) is 13.1 Å². The Bertz CT molecular complexity index is 196. The number of nitrogens with zero attached hydrogens (tertiary/aromatic N) is 1. The van der Waals surface area contributed by atoms with E-state index in [4.69, 9.17) is 4.74 Å². The highest BCUT2D eigenvalue weighted by Crippen LogP contribution is 2.12. The van der Waals surface area contributed by atoms with E-state index < -0.39 is 0 Å². The largest absolute Gasteiger partial charge is 0.447 e. The lowest BCUT2D eigenvalue weighted by molar-refractivity contribution is 0.0427. The van der Waals surface area contributed by atoms with Gasteiger partial charge in [0.2, 0.25) is 0 Å². The molecule has 1 rings (SSSR count). The van der Waals surface area contributed by atoms with Crippen LogP contribution in [0.25, 0.3) is 0 Å². The molecule has 1 aliphatic heterocycles. The first-order valence-electron chi connectivity index (χ1n) is 5.22. The molecule has 0 radical (unpaired) electrons. The summed E-state index contributed by atoms with van der Waals surface area (Å²) >= 11 is 0. The topological polar surface area (TPSA) is 41.6 Å². The fourth-order valence-corrected chi connectivity index (χ4v) is 1.75. The average molecular weight is 200 g/mol. The van der Waals surface area contributed by atoms with Gasteiger partial charge in [-0.05, 0) is 27.7 Å². The van der Waals surface area contributed by atoms with E-state index in [9.17, 15) is 4.79 Å². The first-order chi connectivity index (χ1) is 6.52. The van der Waals surface area contributed by atoms with Gasteiger partial charge in [-0.15, -0.1) is 0 Å². The second-order valence-corrected chi connectivity index (χ2v) is 4.20. The second kappa shape index (κ2) is 4.64. The highest BCUT2D eigenvalue weighted by atomic mass is 16.6. The van der Waals surface area contributed by atoms with Crippen LogP contribution < -0.4 is 5.32 Å². The van der Waals surface area contributed by atoms with Crippen LogP contribution in [0.3, 0.4) is 0 Å². The zero-order valence-electron chi connectivity index (χ0n) is 9.41. The summed E-state index contributed by atoms with van der Waals surface area (Å²) in [6.07, 6.45) is -0.238. The van der Waals surface area contributed by atoms with Crippen LogP contribution in [-0.2, 0) is 4.74 Å². The Hall–Kier alpha value is -0.770. The summed E-state index contributed by atoms with van der Waals surface area (Å²) in [6, 6.07) is 0.426. The molecule has 1 amide bonds. The summed E-state index contributed by atoms with van der Waals surface area (Å²) < 4.78 is 5.19. The molecule has 0 spiro atoms. The maximum Gasteiger partial charge on any atom is 0.410 e. The van der Waals surface area contributed by atoms with E-state index in [-0.39, 0.29) is 24.3 Å². The molecule has 0 aromatic carbocycles. The van der Waals surface area contributed by atoms with E-state index >= 15 is 0 Å². The molecule has 82 valence electrons. The highest BCUT2D eigenvalue weighted by Gasteiger charge is 2.30. The van der Waals surface area contributed by atoms with Crippen molar-refractivity contribution in [1.82, 2.24) is 10.2 Å². The standard InChI is InChI=1S/C10H20N2O2/c1-7(2)14-10(13)12-8(3)5-11-6-9(12)4/h7-9,11H,5-6H2,1-4H3. The lowest BCUT2D eigenvalue weighted by atomic mass is 10.1. The molecule has 0 saturated carbocycles. The molecular formula is C10H20N2O2. The smallest absolute Gasteiger partial charge is 0.410 e. The van der Waals surface area contributed by atoms with Crippen LogP contribution in [0.4, 0.5) is 4.79 Å². The molecule has 1 saturated heterocycles. The van der Waals surface area contributed by atoms with Crippen LogP contribution in [0.15, 0.2) is 0 Å². The third-order valence-electron chi connectivity index (χ3n) is 2.38. The lowest BCUT2D eigenvalue weighted by Gasteiger charge is -2.38. The van der Waals surface area contributed by atoms with E-state index in [1.807, 2.05) is 32.6 Å². The van der Waals surface area contributed by atoms with Gasteiger partial charge in [0, 0.05) is 25.2 Å². The van der Waals surface area contributed by atoms with Crippen molar-refractivity contribution in [3.8, 4) is 0 Å². The zero-order chi connectivity index (χ0) is 10.7. The van der Waals surface area contributed by atoms with Gasteiger partial charge in [-0.2, -0.15) is 0 Å². The highest BCUT2D eigenvalue weighted by molar-refractivity contribution is 5.68. The number of piperazine rings is 1. The molecule has 1 heterocycles. The molecule has 4 heteroatoms. The molecule has 2 atom stereocenters. The molecule has 0 aromatic heterocycles. The summed E-state index contributed by atoms with van der Waals surface area (Å²) in [5.74, 6) is 0. The van der Waals surface area contributed by atoms with Crippen molar-refractivity contribution in [2.75, 3.05) is 13.1 Å². The van der Waals surface area contributed by atoms with Gasteiger partial charge in [0.25, 0.3) is 0 Å². The predicted molar refractivity (Wildman–Crippen MR) is 55.2 cm³/mol. The van der Waals surface area contributed by atoms with Crippen LogP contribution in [0.1, 0.15) is 27.7 Å². The molecule has 14 heavy (non-hydrogen) atoms. The monoisotopic (exact) mass is 200 g/mol. The normalized spacial score (nSPS) is 27.9. The van der Waals surface area contributed by atoms with Crippen LogP contribution in [0, 0.1) is 0 Å². The SMILES string of the molecule is CC(C)OC(=O)N1C(C)CNCC1C. The Balaban J connectivity index is 2.58. The minimum Gasteiger partial charge on any atom is -0.447 e. The summed E-state index contributed by atoms with van der Waals surface area (Å²) in [7, 11) is 0. The molecule has 1 aliphatic rings. The fourth-order valence-electron chi connectivity index (χ4n) is 1.75. The van der Waals surface area contributed by atoms with Crippen molar-refractivity contribution in [3.63, 3.8) is 0 Å². The molecule has 4 nitrogen and oxygen atoms in total. The third kappa shape index (κ3) is 2.61. The fraction of sp³-hybridized carbons (Fsp3) is 0.900. The van der Waals surface area contributed by atoms with Gasteiger partial charge in [-0.3, -0.25) is 0 Å². The number of amides is 1. The van der Waals surface area contributed by atoms with Gasteiger partial charge < -0.3 is 15.0 Å². The third-order valence-corrected chi connectivity index (χ3v) is 2.38. The van der Waals surface area contributed by atoms with E-state index in [0.29, 0.717) is 0 Å². The summed E-state index contributed by atoms with van der Waals surface area (Å²) in [4.78, 5) is 13.5. The molecule has 0 aliphatic carbocycles. The molecular weight excluding hydrogens is 180 g/mol. The summed E-state index contributed by atoms with van der Waals surface area (Å²) in [6.45, 7) is 9.49. The quantitative estimate of drug-likeness (QED) is 0.692. The Morgan fingerprint density at radius 3 is 2.29 bits per heavy atom. The Morgan fingerprint density at radius 2 is 1.86 bits per heavy atom. The first kappa shape index (κ1) is 11.3. The lowest BCUT2D eigenvalue weighted by Crippen LogP contribution is -2.57. The van der Waals surface area contributed by atoms with Crippen LogP contribution in [0.5, 0.6) is 0 Å². The van der Waals surface area contributed by atoms with Gasteiger partial charge in [0.15, 0.2) is 0 Å². The first-order valence-corrected chi connectivity index (χ1v) is 5.22. The number of ether oxygens (including phenoxy) is 1. The number of rotatable bonds is 1. The summed E-state index contributed by atoms with van der Waals surface area (Å²) in [5, 5.41) is 3.27. The predicted octanol–water partition coefficient (Wildman–Crippen LogP) is 1.21. The van der Waals surface area contributed by atoms with Crippen molar-refractivity contribution in [1.29, 1.82) is 0 Å². The average Bonchev–Trinajstić information content (AvgIpc) is 2.01. The maximum atomic E-state index is 11.7. The molecule has 0 aromatic rings. The zero-order valence-corrected chi connectivity index (χ0v) is 9.41. The van der Waals surface area contributed by atoms with E-state index in [2.05, 4.69) is 5.32 Å². The number of nitrogens with one attached hydrogen (secondary N) is 1. The van der Waals surface area contributed by atoms with Gasteiger partial charge in [-0.1, -0.05) is 0 Å². The minimum atomic E-state index is -0.193. The van der Waals surface area contributed by atoms with E-state index in [1.165, 1.54) is 0 Å². The van der Waals surface area contributed by atoms with Gasteiger partial charge in [0.1, 0.15) is 0 Å². The summed E-state index contributed by atoms with van der Waals surface area (Å²) in [5.41, 5.74) is 0. The maximum absolute atomic E-state index is 11.7. The number of carbonyl (C=O) groups excluding carboxylic acids is 1. The minimum absolute atomic E-state index is 0.0446. The van der Waals surface area contributed by atoms with Gasteiger partial charge >= 0.3 is 6.09 Å². The molecule has 0 bridgehead atoms. The van der Waals surface area contributed by atoms with Crippen molar-refractivity contribution < 1.29 is 9.53 Å². The van der Waals surface area contributed by atoms with Crippen LogP contribution in [-0.4, -0.2) is 42.3 Å². The van der Waals surface area contributed by atoms with Crippen molar-refractivity contribution in [2.45, 2.75) is 45.9 Å². The van der Waals surface area contributed by atoms with Gasteiger partial charge in [0.05, 0.1) is 6.10 Å². The Morgan fingerprint density at radius 1 is 1.36 bits per heavy atom. The number of carbonyl (C=O) groups is 1. The van der Waals surface area contributed by atoms with Crippen LogP contribution in [0.2, 0.25) is 0 Å². The van der Waals surface area contributed by atoms with Crippen molar-refractivity contribution in [2.24, 2.45) is 0 Å². The van der Waals surface area contributed by atoms with Crippen LogP contribution >= 0.6 is 0 Å². The Kier molecular flexibility index (Phi) is 3.75. The molecule has 2 unspecified atom stereocenters.